The van der Waals surface area contributed by atoms with E-state index in [9.17, 15) is 4.39 Å². The van der Waals surface area contributed by atoms with E-state index in [1.165, 1.54) is 36.3 Å². The van der Waals surface area contributed by atoms with Gasteiger partial charge in [0, 0.05) is 5.92 Å². The molecule has 1 fully saturated rings. The van der Waals surface area contributed by atoms with Gasteiger partial charge in [-0.25, -0.2) is 4.39 Å². The first-order valence-electron chi connectivity index (χ1n) is 6.45. The van der Waals surface area contributed by atoms with Gasteiger partial charge in [0.05, 0.1) is 0 Å². The summed E-state index contributed by atoms with van der Waals surface area (Å²) in [6.45, 7) is 0. The molecule has 0 bridgehead atoms. The van der Waals surface area contributed by atoms with Crippen molar-refractivity contribution in [1.82, 2.24) is 19.8 Å². The summed E-state index contributed by atoms with van der Waals surface area (Å²) in [5.41, 5.74) is 0.944. The first-order chi connectivity index (χ1) is 9.79. The fraction of sp³-hybridized carbons (Fsp3) is 0.214. The van der Waals surface area contributed by atoms with Crippen molar-refractivity contribution in [3.8, 4) is 0 Å². The van der Waals surface area contributed by atoms with Crippen LogP contribution in [0.1, 0.15) is 35.2 Å². The standard InChI is InChI=1S/C14H11FN4S/c15-11-6-1-9(2-7-11)3-8-12-18-19-13(10-4-5-10)16-17-14(19)20-12/h1-3,6-8,10H,4-5H2. The number of hydrogen-bond acceptors (Lipinski definition) is 4. The van der Waals surface area contributed by atoms with Crippen LogP contribution in [-0.4, -0.2) is 19.8 Å². The summed E-state index contributed by atoms with van der Waals surface area (Å²) < 4.78 is 14.7. The van der Waals surface area contributed by atoms with Crippen LogP contribution >= 0.6 is 11.3 Å². The highest BCUT2D eigenvalue weighted by atomic mass is 32.1. The lowest BCUT2D eigenvalue weighted by Crippen LogP contribution is -1.92. The van der Waals surface area contributed by atoms with E-state index in [0.29, 0.717) is 5.92 Å². The van der Waals surface area contributed by atoms with Gasteiger partial charge in [0.2, 0.25) is 4.96 Å². The third-order valence-corrected chi connectivity index (χ3v) is 4.13. The fourth-order valence-electron chi connectivity index (χ4n) is 2.05. The summed E-state index contributed by atoms with van der Waals surface area (Å²) in [4.78, 5) is 0.825. The highest BCUT2D eigenvalue weighted by Crippen LogP contribution is 2.39. The molecule has 20 heavy (non-hydrogen) atoms. The van der Waals surface area contributed by atoms with Gasteiger partial charge in [-0.05, 0) is 36.6 Å². The second-order valence-corrected chi connectivity index (χ2v) is 5.84. The third-order valence-electron chi connectivity index (χ3n) is 3.26. The number of rotatable bonds is 3. The highest BCUT2D eigenvalue weighted by molar-refractivity contribution is 7.17. The van der Waals surface area contributed by atoms with E-state index in [0.717, 1.165) is 21.4 Å². The van der Waals surface area contributed by atoms with Crippen molar-refractivity contribution in [3.05, 3.63) is 46.5 Å². The van der Waals surface area contributed by atoms with Gasteiger partial charge in [-0.1, -0.05) is 29.5 Å². The Labute approximate surface area is 118 Å². The average Bonchev–Trinajstić information content (AvgIpc) is 3.09. The van der Waals surface area contributed by atoms with E-state index in [1.54, 1.807) is 12.1 Å². The normalized spacial score (nSPS) is 15.4. The maximum absolute atomic E-state index is 12.8. The highest BCUT2D eigenvalue weighted by Gasteiger charge is 2.29. The summed E-state index contributed by atoms with van der Waals surface area (Å²) in [7, 11) is 0. The largest absolute Gasteiger partial charge is 0.234 e. The molecule has 6 heteroatoms. The molecule has 0 atom stereocenters. The van der Waals surface area contributed by atoms with Gasteiger partial charge in [-0.2, -0.15) is 9.61 Å². The Bertz CT molecular complexity index is 783. The predicted molar refractivity (Wildman–Crippen MR) is 76.0 cm³/mol. The van der Waals surface area contributed by atoms with Crippen LogP contribution in [0.3, 0.4) is 0 Å². The molecular weight excluding hydrogens is 275 g/mol. The molecule has 100 valence electrons. The average molecular weight is 286 g/mol. The SMILES string of the molecule is Fc1ccc(C=Cc2nn3c(C4CC4)nnc3s2)cc1. The molecule has 1 saturated carbocycles. The third kappa shape index (κ3) is 2.12. The molecule has 0 amide bonds. The van der Waals surface area contributed by atoms with Crippen LogP contribution < -0.4 is 0 Å². The van der Waals surface area contributed by atoms with E-state index < -0.39 is 0 Å². The summed E-state index contributed by atoms with van der Waals surface area (Å²) in [6.07, 6.45) is 6.20. The van der Waals surface area contributed by atoms with Crippen LogP contribution in [0.4, 0.5) is 4.39 Å². The van der Waals surface area contributed by atoms with E-state index in [-0.39, 0.29) is 5.82 Å². The molecule has 3 aromatic rings. The minimum atomic E-state index is -0.227. The monoisotopic (exact) mass is 286 g/mol. The fourth-order valence-corrected chi connectivity index (χ4v) is 2.80. The molecule has 1 aliphatic rings. The first-order valence-corrected chi connectivity index (χ1v) is 7.27. The molecule has 0 radical (unpaired) electrons. The first kappa shape index (κ1) is 11.7. The Morgan fingerprint density at radius 2 is 1.95 bits per heavy atom. The van der Waals surface area contributed by atoms with Crippen molar-refractivity contribution >= 4 is 28.4 Å². The van der Waals surface area contributed by atoms with E-state index in [1.807, 2.05) is 16.7 Å². The maximum atomic E-state index is 12.8. The van der Waals surface area contributed by atoms with Crippen LogP contribution in [0.2, 0.25) is 0 Å². The minimum absolute atomic E-state index is 0.227. The van der Waals surface area contributed by atoms with E-state index >= 15 is 0 Å². The summed E-state index contributed by atoms with van der Waals surface area (Å²) in [5.74, 6) is 1.27. The van der Waals surface area contributed by atoms with Crippen molar-refractivity contribution in [3.63, 3.8) is 0 Å². The summed E-state index contributed by atoms with van der Waals surface area (Å²) in [6, 6.07) is 6.37. The molecule has 4 nitrogen and oxygen atoms in total. The molecule has 0 saturated heterocycles. The van der Waals surface area contributed by atoms with E-state index in [2.05, 4.69) is 15.3 Å². The van der Waals surface area contributed by atoms with Gasteiger partial charge >= 0.3 is 0 Å². The molecular formula is C14H11FN4S. The molecule has 4 rings (SSSR count). The minimum Gasteiger partial charge on any atom is -0.207 e. The van der Waals surface area contributed by atoms with Crippen LogP contribution in [0.15, 0.2) is 24.3 Å². The maximum Gasteiger partial charge on any atom is 0.234 e. The molecule has 2 aromatic heterocycles. The molecule has 0 N–H and O–H groups in total. The zero-order chi connectivity index (χ0) is 13.5. The van der Waals surface area contributed by atoms with Crippen LogP contribution in [0.5, 0.6) is 0 Å². The van der Waals surface area contributed by atoms with Crippen molar-refractivity contribution in [1.29, 1.82) is 0 Å². The van der Waals surface area contributed by atoms with Crippen molar-refractivity contribution < 1.29 is 4.39 Å². The number of nitrogens with zero attached hydrogens (tertiary/aromatic N) is 4. The zero-order valence-corrected chi connectivity index (χ0v) is 11.3. The molecule has 1 aromatic carbocycles. The van der Waals surface area contributed by atoms with Gasteiger partial charge < -0.3 is 0 Å². The van der Waals surface area contributed by atoms with Gasteiger partial charge in [0.1, 0.15) is 10.8 Å². The zero-order valence-electron chi connectivity index (χ0n) is 10.5. The Hall–Kier alpha value is -2.08. The lowest BCUT2D eigenvalue weighted by Gasteiger charge is -1.91. The lowest BCUT2D eigenvalue weighted by atomic mass is 10.2. The van der Waals surface area contributed by atoms with Crippen LogP contribution in [0, 0.1) is 5.82 Å². The topological polar surface area (TPSA) is 43.1 Å². The van der Waals surface area contributed by atoms with Crippen molar-refractivity contribution in [2.45, 2.75) is 18.8 Å². The van der Waals surface area contributed by atoms with Gasteiger partial charge in [0.15, 0.2) is 5.82 Å². The lowest BCUT2D eigenvalue weighted by molar-refractivity contribution is 0.628. The molecule has 0 unspecified atom stereocenters. The molecule has 2 heterocycles. The van der Waals surface area contributed by atoms with Crippen LogP contribution in [0.25, 0.3) is 17.1 Å². The Morgan fingerprint density at radius 1 is 1.15 bits per heavy atom. The van der Waals surface area contributed by atoms with Crippen molar-refractivity contribution in [2.24, 2.45) is 0 Å². The summed E-state index contributed by atoms with van der Waals surface area (Å²) in [5, 5.41) is 13.7. The number of aromatic nitrogens is 4. The smallest absolute Gasteiger partial charge is 0.207 e. The quantitative estimate of drug-likeness (QED) is 0.741. The number of halogens is 1. The van der Waals surface area contributed by atoms with E-state index in [4.69, 9.17) is 0 Å². The molecule has 1 aliphatic carbocycles. The number of benzene rings is 1. The number of hydrogen-bond donors (Lipinski definition) is 0. The Morgan fingerprint density at radius 3 is 2.70 bits per heavy atom. The Balaban J connectivity index is 1.63. The van der Waals surface area contributed by atoms with Gasteiger partial charge in [-0.15, -0.1) is 10.2 Å². The second-order valence-electron chi connectivity index (χ2n) is 4.85. The predicted octanol–water partition coefficient (Wildman–Crippen LogP) is 3.37. The molecule has 0 aliphatic heterocycles. The van der Waals surface area contributed by atoms with Crippen molar-refractivity contribution in [2.75, 3.05) is 0 Å². The second kappa shape index (κ2) is 4.49. The molecule has 0 spiro atoms. The van der Waals surface area contributed by atoms with Crippen LogP contribution in [-0.2, 0) is 0 Å². The Kier molecular flexibility index (Phi) is 2.63. The number of fused-ring (bicyclic) bond motifs is 1. The van der Waals surface area contributed by atoms with Gasteiger partial charge in [-0.3, -0.25) is 0 Å². The van der Waals surface area contributed by atoms with Gasteiger partial charge in [0.25, 0.3) is 0 Å². The summed E-state index contributed by atoms with van der Waals surface area (Å²) >= 11 is 1.50.